The molecule has 1 N–H and O–H groups in total. The van der Waals surface area contributed by atoms with Gasteiger partial charge in [-0.15, -0.1) is 5.10 Å². The zero-order valence-corrected chi connectivity index (χ0v) is 24.5. The third-order valence-corrected chi connectivity index (χ3v) is 8.48. The quantitative estimate of drug-likeness (QED) is 0.525. The monoisotopic (exact) mass is 557 g/mol. The smallest absolute Gasteiger partial charge is 0.293 e. The van der Waals surface area contributed by atoms with E-state index in [0.717, 1.165) is 41.0 Å². The number of hydrogen-bond donors (Lipinski definition) is 1. The molecule has 0 unspecified atom stereocenters. The Morgan fingerprint density at radius 3 is 2.34 bits per heavy atom. The van der Waals surface area contributed by atoms with Crippen LogP contribution >= 0.6 is 0 Å². The van der Waals surface area contributed by atoms with Gasteiger partial charge in [0.15, 0.2) is 5.82 Å². The number of carbonyl (C=O) groups excluding carboxylic acids is 2. The molecule has 2 saturated heterocycles. The van der Waals surface area contributed by atoms with Gasteiger partial charge in [0.05, 0.1) is 17.1 Å². The van der Waals surface area contributed by atoms with Gasteiger partial charge in [-0.25, -0.2) is 9.67 Å². The van der Waals surface area contributed by atoms with Gasteiger partial charge in [0.2, 0.25) is 11.7 Å². The van der Waals surface area contributed by atoms with E-state index in [2.05, 4.69) is 30.1 Å². The van der Waals surface area contributed by atoms with Crippen LogP contribution in [0.1, 0.15) is 49.8 Å². The summed E-state index contributed by atoms with van der Waals surface area (Å²) in [5.74, 6) is 0.682. The number of piperazine rings is 1. The number of carbonyl (C=O) groups is 2. The van der Waals surface area contributed by atoms with E-state index in [-0.39, 0.29) is 41.8 Å². The van der Waals surface area contributed by atoms with Crippen molar-refractivity contribution in [3.63, 3.8) is 0 Å². The van der Waals surface area contributed by atoms with Gasteiger partial charge in [0, 0.05) is 57.0 Å². The molecule has 0 bridgehead atoms. The highest BCUT2D eigenvalue weighted by atomic mass is 16.5. The summed E-state index contributed by atoms with van der Waals surface area (Å²) >= 11 is 0. The molecule has 3 aliphatic rings. The molecule has 2 aromatic carbocycles. The van der Waals surface area contributed by atoms with E-state index in [1.165, 1.54) is 0 Å². The number of aryl methyl sites for hydroxylation is 1. The molecule has 3 aromatic rings. The van der Waals surface area contributed by atoms with Crippen molar-refractivity contribution in [1.29, 1.82) is 0 Å². The Balaban J connectivity index is 1.45. The molecule has 10 heteroatoms. The lowest BCUT2D eigenvalue weighted by Gasteiger charge is -2.45. The number of ether oxygens (including phenoxy) is 1. The number of hydrogen-bond acceptors (Lipinski definition) is 7. The average Bonchev–Trinajstić information content (AvgIpc) is 3.41. The predicted octanol–water partition coefficient (Wildman–Crippen LogP) is 3.42. The summed E-state index contributed by atoms with van der Waals surface area (Å²) in [6.45, 7) is 10.8. The van der Waals surface area contributed by atoms with Crippen LogP contribution in [0.5, 0.6) is 0 Å². The van der Waals surface area contributed by atoms with Crippen LogP contribution in [0.15, 0.2) is 42.5 Å². The first-order valence-electron chi connectivity index (χ1n) is 14.6. The number of aromatic nitrogens is 3. The fourth-order valence-corrected chi connectivity index (χ4v) is 6.45. The first-order valence-corrected chi connectivity index (χ1v) is 14.6. The Labute approximate surface area is 241 Å². The zero-order valence-electron chi connectivity index (χ0n) is 24.5. The second kappa shape index (κ2) is 10.9. The Hall–Kier alpha value is -3.76. The molecule has 10 nitrogen and oxygen atoms in total. The molecule has 2 fully saturated rings. The van der Waals surface area contributed by atoms with E-state index in [4.69, 9.17) is 14.8 Å². The standard InChI is InChI=1S/C31H39N7O3/c1-19-6-9-25(10-7-19)38-29(33-28(34-38)31(40)36-17-20(2)32-21(3)18-36)23-8-11-26-27(16-23)37(22(4)30(39)35(26)5)24-12-14-41-15-13-24/h6-11,16,20-22,24,32H,12-15,17-18H2,1-5H3/t20-,21+,22-/m1/s1. The zero-order chi connectivity index (χ0) is 28.8. The summed E-state index contributed by atoms with van der Waals surface area (Å²) < 4.78 is 7.40. The highest BCUT2D eigenvalue weighted by molar-refractivity contribution is 6.05. The van der Waals surface area contributed by atoms with Crippen LogP contribution < -0.4 is 15.1 Å². The maximum atomic E-state index is 13.7. The first-order chi connectivity index (χ1) is 19.7. The van der Waals surface area contributed by atoms with Crippen molar-refractivity contribution < 1.29 is 14.3 Å². The van der Waals surface area contributed by atoms with Gasteiger partial charge in [0.25, 0.3) is 5.91 Å². The third kappa shape index (κ3) is 5.10. The van der Waals surface area contributed by atoms with Gasteiger partial charge < -0.3 is 24.8 Å². The Bertz CT molecular complexity index is 1440. The SMILES string of the molecule is Cc1ccc(-n2nc(C(=O)N3C[C@@H](C)N[C@@H](C)C3)nc2-c2ccc3c(c2)N(C2CCOCC2)[C@H](C)C(=O)N3C)cc1. The molecule has 2 amide bonds. The average molecular weight is 558 g/mol. The van der Waals surface area contributed by atoms with Crippen molar-refractivity contribution in [3.8, 4) is 17.1 Å². The van der Waals surface area contributed by atoms with Crippen LogP contribution in [0, 0.1) is 6.92 Å². The lowest BCUT2D eigenvalue weighted by Crippen LogP contribution is -2.56. The number of nitrogens with zero attached hydrogens (tertiary/aromatic N) is 6. The molecule has 0 aliphatic carbocycles. The number of nitrogens with one attached hydrogen (secondary N) is 1. The lowest BCUT2D eigenvalue weighted by molar-refractivity contribution is -0.119. The minimum atomic E-state index is -0.297. The topological polar surface area (TPSA) is 95.8 Å². The van der Waals surface area contributed by atoms with E-state index in [9.17, 15) is 9.59 Å². The minimum Gasteiger partial charge on any atom is -0.381 e. The van der Waals surface area contributed by atoms with Crippen LogP contribution in [0.2, 0.25) is 0 Å². The molecule has 3 atom stereocenters. The number of benzene rings is 2. The van der Waals surface area contributed by atoms with Crippen molar-refractivity contribution in [3.05, 3.63) is 53.9 Å². The van der Waals surface area contributed by atoms with Gasteiger partial charge in [-0.3, -0.25) is 9.59 Å². The highest BCUT2D eigenvalue weighted by Crippen LogP contribution is 2.41. The maximum Gasteiger partial charge on any atom is 0.293 e. The van der Waals surface area contributed by atoms with Crippen molar-refractivity contribution in [2.24, 2.45) is 0 Å². The second-order valence-electron chi connectivity index (χ2n) is 11.7. The molecule has 0 saturated carbocycles. The fourth-order valence-electron chi connectivity index (χ4n) is 6.45. The van der Waals surface area contributed by atoms with Crippen LogP contribution in [-0.2, 0) is 9.53 Å². The van der Waals surface area contributed by atoms with E-state index in [1.807, 2.05) is 62.2 Å². The normalized spacial score (nSPS) is 23.6. The maximum absolute atomic E-state index is 13.7. The lowest BCUT2D eigenvalue weighted by atomic mass is 9.98. The van der Waals surface area contributed by atoms with Crippen LogP contribution in [0.4, 0.5) is 11.4 Å². The largest absolute Gasteiger partial charge is 0.381 e. The van der Waals surface area contributed by atoms with E-state index in [0.29, 0.717) is 32.1 Å². The predicted molar refractivity (Wildman–Crippen MR) is 159 cm³/mol. The molecule has 4 heterocycles. The molecule has 216 valence electrons. The number of anilines is 2. The Morgan fingerprint density at radius 1 is 0.976 bits per heavy atom. The van der Waals surface area contributed by atoms with E-state index in [1.54, 1.807) is 9.58 Å². The summed E-state index contributed by atoms with van der Waals surface area (Å²) in [6, 6.07) is 14.4. The summed E-state index contributed by atoms with van der Waals surface area (Å²) in [4.78, 5) is 37.6. The van der Waals surface area contributed by atoms with E-state index < -0.39 is 0 Å². The van der Waals surface area contributed by atoms with Crippen molar-refractivity contribution in [2.45, 2.75) is 64.7 Å². The molecule has 0 radical (unpaired) electrons. The number of fused-ring (bicyclic) bond motifs is 1. The summed E-state index contributed by atoms with van der Waals surface area (Å²) in [5, 5.41) is 8.25. The number of rotatable bonds is 4. The highest BCUT2D eigenvalue weighted by Gasteiger charge is 2.38. The van der Waals surface area contributed by atoms with Gasteiger partial charge in [0.1, 0.15) is 6.04 Å². The second-order valence-corrected chi connectivity index (χ2v) is 11.7. The van der Waals surface area contributed by atoms with Crippen molar-refractivity contribution in [2.75, 3.05) is 43.2 Å². The molecule has 1 aromatic heterocycles. The van der Waals surface area contributed by atoms with Crippen LogP contribution in [0.3, 0.4) is 0 Å². The molecular formula is C31H39N7O3. The summed E-state index contributed by atoms with van der Waals surface area (Å²) in [5.41, 5.74) is 4.66. The third-order valence-electron chi connectivity index (χ3n) is 8.48. The Morgan fingerprint density at radius 2 is 1.66 bits per heavy atom. The van der Waals surface area contributed by atoms with Gasteiger partial charge in [-0.05, 0) is 70.9 Å². The molecular weight excluding hydrogens is 518 g/mol. The Kier molecular flexibility index (Phi) is 7.29. The van der Waals surface area contributed by atoms with Crippen molar-refractivity contribution in [1.82, 2.24) is 25.0 Å². The van der Waals surface area contributed by atoms with Gasteiger partial charge in [-0.1, -0.05) is 17.7 Å². The fraction of sp³-hybridized carbons (Fsp3) is 0.484. The van der Waals surface area contributed by atoms with E-state index >= 15 is 0 Å². The van der Waals surface area contributed by atoms with Gasteiger partial charge in [-0.2, -0.15) is 0 Å². The number of likely N-dealkylation sites (N-methyl/N-ethyl adjacent to an activating group) is 1. The van der Waals surface area contributed by atoms with Crippen LogP contribution in [-0.4, -0.2) is 89.0 Å². The van der Waals surface area contributed by atoms with Gasteiger partial charge >= 0.3 is 0 Å². The minimum absolute atomic E-state index is 0.0759. The van der Waals surface area contributed by atoms with Crippen molar-refractivity contribution >= 4 is 23.2 Å². The summed E-state index contributed by atoms with van der Waals surface area (Å²) in [6.07, 6.45) is 1.73. The van der Waals surface area contributed by atoms with Crippen LogP contribution in [0.25, 0.3) is 17.1 Å². The molecule has 0 spiro atoms. The molecule has 6 rings (SSSR count). The first kappa shape index (κ1) is 27.4. The molecule has 3 aliphatic heterocycles. The summed E-state index contributed by atoms with van der Waals surface area (Å²) in [7, 11) is 1.83. The molecule has 41 heavy (non-hydrogen) atoms. The number of amides is 2.